The van der Waals surface area contributed by atoms with Gasteiger partial charge in [0.15, 0.2) is 16.8 Å². The summed E-state index contributed by atoms with van der Waals surface area (Å²) in [6, 6.07) is 14.9. The van der Waals surface area contributed by atoms with Crippen molar-refractivity contribution in [1.29, 1.82) is 0 Å². The van der Waals surface area contributed by atoms with Gasteiger partial charge in [-0.1, -0.05) is 42.1 Å². The molecule has 4 aromatic rings. The Balaban J connectivity index is 1.40. The van der Waals surface area contributed by atoms with E-state index in [1.165, 1.54) is 18.9 Å². The number of Topliss-reactive ketones (excluding diaryl/α,β-unsaturated/α-hetero) is 1. The first-order valence-electron chi connectivity index (χ1n) is 9.99. The van der Waals surface area contributed by atoms with E-state index in [4.69, 9.17) is 4.74 Å². The van der Waals surface area contributed by atoms with E-state index in [0.29, 0.717) is 27.9 Å². The van der Waals surface area contributed by atoms with Gasteiger partial charge in [0.2, 0.25) is 0 Å². The fourth-order valence-electron chi connectivity index (χ4n) is 3.48. The van der Waals surface area contributed by atoms with Crippen LogP contribution in [0.25, 0.3) is 10.9 Å². The predicted molar refractivity (Wildman–Crippen MR) is 123 cm³/mol. The fourth-order valence-corrected chi connectivity index (χ4v) is 4.30. The average molecular weight is 450 g/mol. The highest BCUT2D eigenvalue weighted by atomic mass is 32.2. The van der Waals surface area contributed by atoms with Crippen molar-refractivity contribution >= 4 is 34.4 Å². The van der Waals surface area contributed by atoms with E-state index < -0.39 is 0 Å². The van der Waals surface area contributed by atoms with Gasteiger partial charge in [0.25, 0.3) is 5.91 Å². The number of nitrogens with zero attached hydrogens (tertiary/aromatic N) is 4. The summed E-state index contributed by atoms with van der Waals surface area (Å²) in [5.74, 6) is 1.11. The van der Waals surface area contributed by atoms with Crippen molar-refractivity contribution in [3.05, 3.63) is 71.7 Å². The Bertz CT molecular complexity index is 1290. The van der Waals surface area contributed by atoms with Crippen molar-refractivity contribution in [2.75, 3.05) is 12.9 Å². The summed E-state index contributed by atoms with van der Waals surface area (Å²) in [5.41, 5.74) is 2.17. The molecular formula is C23H23N5O3S. The van der Waals surface area contributed by atoms with Crippen LogP contribution in [0.3, 0.4) is 0 Å². The molecule has 0 atom stereocenters. The van der Waals surface area contributed by atoms with Crippen LogP contribution in [0, 0.1) is 0 Å². The number of para-hydroxylation sites is 2. The highest BCUT2D eigenvalue weighted by Gasteiger charge is 2.17. The molecule has 0 aliphatic carbocycles. The van der Waals surface area contributed by atoms with E-state index in [0.717, 1.165) is 10.9 Å². The molecule has 32 heavy (non-hydrogen) atoms. The number of nitrogens with one attached hydrogen (secondary N) is 1. The molecule has 4 rings (SSSR count). The zero-order valence-corrected chi connectivity index (χ0v) is 18.8. The normalized spacial score (nSPS) is 11.0. The van der Waals surface area contributed by atoms with Crippen LogP contribution in [-0.4, -0.2) is 43.9 Å². The van der Waals surface area contributed by atoms with E-state index >= 15 is 0 Å². The molecule has 0 aliphatic heterocycles. The molecule has 0 radical (unpaired) electrons. The van der Waals surface area contributed by atoms with Gasteiger partial charge in [-0.2, -0.15) is 0 Å². The van der Waals surface area contributed by atoms with Crippen LogP contribution in [-0.2, 0) is 20.6 Å². The minimum absolute atomic E-state index is 0.0285. The minimum atomic E-state index is -0.259. The van der Waals surface area contributed by atoms with E-state index in [-0.39, 0.29) is 24.0 Å². The summed E-state index contributed by atoms with van der Waals surface area (Å²) in [5, 5.41) is 12.7. The summed E-state index contributed by atoms with van der Waals surface area (Å²) in [6.07, 6.45) is 1.86. The predicted octanol–water partition coefficient (Wildman–Crippen LogP) is 3.22. The average Bonchev–Trinajstić information content (AvgIpc) is 3.35. The van der Waals surface area contributed by atoms with Gasteiger partial charge in [-0.3, -0.25) is 9.59 Å². The van der Waals surface area contributed by atoms with Crippen LogP contribution in [0.4, 0.5) is 0 Å². The maximum atomic E-state index is 12.8. The number of ether oxygens (including phenoxy) is 1. The number of amides is 1. The monoisotopic (exact) mass is 449 g/mol. The van der Waals surface area contributed by atoms with Crippen molar-refractivity contribution in [2.24, 2.45) is 14.1 Å². The molecule has 0 unspecified atom stereocenters. The SMILES string of the molecule is COc1ccccc1C(=O)NCc1nnc(SCC(=O)c2cn(C)c3ccccc23)n1C. The first kappa shape index (κ1) is 21.6. The zero-order valence-electron chi connectivity index (χ0n) is 18.0. The summed E-state index contributed by atoms with van der Waals surface area (Å²) in [6.45, 7) is 0.207. The van der Waals surface area contributed by atoms with Crippen molar-refractivity contribution in [3.8, 4) is 5.75 Å². The van der Waals surface area contributed by atoms with Gasteiger partial charge in [0.05, 0.1) is 25.0 Å². The second-order valence-corrected chi connectivity index (χ2v) is 8.17. The van der Waals surface area contributed by atoms with Gasteiger partial charge in [0.1, 0.15) is 5.75 Å². The number of methoxy groups -OCH3 is 1. The standard InChI is InChI=1S/C23H23N5O3S/c1-27-13-17(15-8-4-6-10-18(15)27)19(29)14-32-23-26-25-21(28(23)2)12-24-22(30)16-9-5-7-11-20(16)31-3/h4-11,13H,12,14H2,1-3H3,(H,24,30). The quantitative estimate of drug-likeness (QED) is 0.328. The third kappa shape index (κ3) is 4.24. The largest absolute Gasteiger partial charge is 0.496 e. The Labute approximate surface area is 189 Å². The van der Waals surface area contributed by atoms with Crippen LogP contribution in [0.1, 0.15) is 26.5 Å². The summed E-state index contributed by atoms with van der Waals surface area (Å²) in [4.78, 5) is 25.3. The number of aryl methyl sites for hydroxylation is 1. The fraction of sp³-hybridized carbons (Fsp3) is 0.217. The second-order valence-electron chi connectivity index (χ2n) is 7.22. The molecule has 0 spiro atoms. The smallest absolute Gasteiger partial charge is 0.255 e. The molecule has 0 saturated carbocycles. The maximum absolute atomic E-state index is 12.8. The number of carbonyl (C=O) groups is 2. The molecule has 164 valence electrons. The van der Waals surface area contributed by atoms with E-state index in [1.54, 1.807) is 28.8 Å². The van der Waals surface area contributed by atoms with Crippen LogP contribution in [0.15, 0.2) is 59.9 Å². The van der Waals surface area contributed by atoms with E-state index in [9.17, 15) is 9.59 Å². The highest BCUT2D eigenvalue weighted by Crippen LogP contribution is 2.24. The van der Waals surface area contributed by atoms with Crippen molar-refractivity contribution in [3.63, 3.8) is 0 Å². The van der Waals surface area contributed by atoms with Gasteiger partial charge in [-0.25, -0.2) is 0 Å². The lowest BCUT2D eigenvalue weighted by molar-refractivity contribution is 0.0945. The number of ketones is 1. The highest BCUT2D eigenvalue weighted by molar-refractivity contribution is 7.99. The zero-order chi connectivity index (χ0) is 22.7. The summed E-state index contributed by atoms with van der Waals surface area (Å²) >= 11 is 1.32. The van der Waals surface area contributed by atoms with Gasteiger partial charge in [0, 0.05) is 36.8 Å². The van der Waals surface area contributed by atoms with Crippen molar-refractivity contribution in [2.45, 2.75) is 11.7 Å². The molecule has 9 heteroatoms. The van der Waals surface area contributed by atoms with Crippen LogP contribution >= 0.6 is 11.8 Å². The lowest BCUT2D eigenvalue weighted by Gasteiger charge is -2.09. The van der Waals surface area contributed by atoms with Gasteiger partial charge < -0.3 is 19.2 Å². The molecule has 0 fully saturated rings. The summed E-state index contributed by atoms with van der Waals surface area (Å²) < 4.78 is 8.97. The molecule has 1 amide bonds. The first-order valence-corrected chi connectivity index (χ1v) is 11.0. The number of rotatable bonds is 8. The Morgan fingerprint density at radius 3 is 2.59 bits per heavy atom. The van der Waals surface area contributed by atoms with Crippen molar-refractivity contribution < 1.29 is 14.3 Å². The van der Waals surface area contributed by atoms with Crippen LogP contribution < -0.4 is 10.1 Å². The second kappa shape index (κ2) is 9.27. The number of fused-ring (bicyclic) bond motifs is 1. The van der Waals surface area contributed by atoms with E-state index in [2.05, 4.69) is 15.5 Å². The molecule has 0 aliphatic rings. The molecule has 0 bridgehead atoms. The third-order valence-corrected chi connectivity index (χ3v) is 6.23. The first-order chi connectivity index (χ1) is 15.5. The molecule has 0 saturated heterocycles. The third-order valence-electron chi connectivity index (χ3n) is 5.21. The number of hydrogen-bond acceptors (Lipinski definition) is 6. The van der Waals surface area contributed by atoms with Gasteiger partial charge in [-0.15, -0.1) is 10.2 Å². The molecule has 8 nitrogen and oxygen atoms in total. The topological polar surface area (TPSA) is 91.0 Å². The Kier molecular flexibility index (Phi) is 6.27. The molecular weight excluding hydrogens is 426 g/mol. The Hall–Kier alpha value is -3.59. The molecule has 2 aromatic carbocycles. The van der Waals surface area contributed by atoms with Crippen LogP contribution in [0.5, 0.6) is 5.75 Å². The number of aromatic nitrogens is 4. The lowest BCUT2D eigenvalue weighted by atomic mass is 10.1. The van der Waals surface area contributed by atoms with Crippen molar-refractivity contribution in [1.82, 2.24) is 24.6 Å². The minimum Gasteiger partial charge on any atom is -0.496 e. The number of carbonyl (C=O) groups excluding carboxylic acids is 2. The van der Waals surface area contributed by atoms with Gasteiger partial charge >= 0.3 is 0 Å². The lowest BCUT2D eigenvalue weighted by Crippen LogP contribution is -2.25. The number of benzene rings is 2. The van der Waals surface area contributed by atoms with E-state index in [1.807, 2.05) is 49.1 Å². The molecule has 1 N–H and O–H groups in total. The molecule has 2 heterocycles. The summed E-state index contributed by atoms with van der Waals surface area (Å²) in [7, 11) is 5.27. The molecule has 2 aromatic heterocycles. The van der Waals surface area contributed by atoms with Crippen LogP contribution in [0.2, 0.25) is 0 Å². The maximum Gasteiger partial charge on any atom is 0.255 e. The van der Waals surface area contributed by atoms with Gasteiger partial charge in [-0.05, 0) is 18.2 Å². The Morgan fingerprint density at radius 2 is 1.78 bits per heavy atom. The Morgan fingerprint density at radius 1 is 1.03 bits per heavy atom. The number of thioether (sulfide) groups is 1. The number of hydrogen-bond donors (Lipinski definition) is 1.